The molecule has 0 aliphatic carbocycles. The Morgan fingerprint density at radius 3 is 2.52 bits per heavy atom. The summed E-state index contributed by atoms with van der Waals surface area (Å²) in [6.07, 6.45) is 5.59. The summed E-state index contributed by atoms with van der Waals surface area (Å²) in [7, 11) is 3.29. The van der Waals surface area contributed by atoms with Gasteiger partial charge in [-0.1, -0.05) is 30.8 Å². The molecule has 1 atom stereocenters. The van der Waals surface area contributed by atoms with Gasteiger partial charge in [0, 0.05) is 23.5 Å². The van der Waals surface area contributed by atoms with Crippen LogP contribution in [-0.4, -0.2) is 32.4 Å². The number of carbonyl (C=O) groups excluding carboxylic acids is 1. The molecule has 0 amide bonds. The third-order valence-corrected chi connectivity index (χ3v) is 4.73. The number of ether oxygens (including phenoxy) is 2. The highest BCUT2D eigenvalue weighted by molar-refractivity contribution is 6.33. The molecule has 7 heteroatoms. The third-order valence-electron chi connectivity index (χ3n) is 4.73. The van der Waals surface area contributed by atoms with Gasteiger partial charge in [0.15, 0.2) is 6.29 Å². The Hall–Kier alpha value is -3.84. The molecule has 160 valence electrons. The van der Waals surface area contributed by atoms with Crippen LogP contribution in [0.1, 0.15) is 12.5 Å². The van der Waals surface area contributed by atoms with Gasteiger partial charge in [0.2, 0.25) is 0 Å². The molecule has 0 bridgehead atoms. The summed E-state index contributed by atoms with van der Waals surface area (Å²) in [6, 6.07) is 14.0. The maximum Gasteiger partial charge on any atom is 0.168 e. The van der Waals surface area contributed by atoms with Crippen LogP contribution in [0.4, 0.5) is 0 Å². The second-order valence-electron chi connectivity index (χ2n) is 6.80. The first-order valence-corrected chi connectivity index (χ1v) is 9.73. The van der Waals surface area contributed by atoms with Crippen molar-refractivity contribution in [1.29, 1.82) is 0 Å². The maximum absolute atomic E-state index is 10.8. The van der Waals surface area contributed by atoms with Crippen LogP contribution in [0.25, 0.3) is 16.8 Å². The summed E-state index contributed by atoms with van der Waals surface area (Å²) in [5, 5.41) is 3.27. The van der Waals surface area contributed by atoms with Crippen molar-refractivity contribution in [3.8, 4) is 22.6 Å². The number of rotatable bonds is 9. The van der Waals surface area contributed by atoms with Gasteiger partial charge >= 0.3 is 0 Å². The molecule has 3 N–H and O–H groups in total. The van der Waals surface area contributed by atoms with E-state index in [1.54, 1.807) is 20.4 Å². The molecule has 0 spiro atoms. The van der Waals surface area contributed by atoms with Crippen LogP contribution in [0, 0.1) is 0 Å². The molecule has 0 aromatic heterocycles. The summed E-state index contributed by atoms with van der Waals surface area (Å²) in [6.45, 7) is 5.42. The van der Waals surface area contributed by atoms with E-state index in [0.29, 0.717) is 6.29 Å². The van der Waals surface area contributed by atoms with Crippen molar-refractivity contribution in [2.75, 3.05) is 14.2 Å². The lowest BCUT2D eigenvalue weighted by Crippen LogP contribution is -2.41. The van der Waals surface area contributed by atoms with Crippen molar-refractivity contribution in [2.24, 2.45) is 4.99 Å². The van der Waals surface area contributed by atoms with Crippen molar-refractivity contribution in [3.05, 3.63) is 78.7 Å². The topological polar surface area (TPSA) is 84.0 Å². The van der Waals surface area contributed by atoms with Crippen LogP contribution in [0.15, 0.2) is 78.1 Å². The number of hydrogen-bond acceptors (Lipinski definition) is 7. The summed E-state index contributed by atoms with van der Waals surface area (Å²) in [5.74, 6) is 1.51. The first kappa shape index (κ1) is 21.9. The van der Waals surface area contributed by atoms with E-state index in [9.17, 15) is 4.79 Å². The standard InChI is InChI=1S/C24H26N4O3/c1-5-19(15-29)25-14-16(2)26-24-13-22(27-28-24)18-8-6-17(7-9-18)21-11-10-20(30-3)12-23(21)31-4/h5-15,24,26-28H,1H2,2-4H3/b16-14+,25-19?. The van der Waals surface area contributed by atoms with Gasteiger partial charge < -0.3 is 20.2 Å². The van der Waals surface area contributed by atoms with Gasteiger partial charge in [0.25, 0.3) is 0 Å². The van der Waals surface area contributed by atoms with E-state index in [4.69, 9.17) is 9.47 Å². The SMILES string of the molecule is C=CC(C=O)=N/C=C(\C)NC1C=C(c2ccc(-c3ccc(OC)cc3OC)cc2)NN1. The van der Waals surface area contributed by atoms with Gasteiger partial charge in [-0.3, -0.25) is 9.79 Å². The molecular formula is C24H26N4O3. The highest BCUT2D eigenvalue weighted by Crippen LogP contribution is 2.33. The van der Waals surface area contributed by atoms with Crippen LogP contribution in [0.2, 0.25) is 0 Å². The number of carbonyl (C=O) groups is 1. The molecule has 0 radical (unpaired) electrons. The minimum absolute atomic E-state index is 0.119. The smallest absolute Gasteiger partial charge is 0.168 e. The summed E-state index contributed by atoms with van der Waals surface area (Å²) in [4.78, 5) is 14.8. The second kappa shape index (κ2) is 10.3. The zero-order chi connectivity index (χ0) is 22.2. The monoisotopic (exact) mass is 418 g/mol. The highest BCUT2D eigenvalue weighted by Gasteiger charge is 2.16. The fraction of sp³-hybridized carbons (Fsp3) is 0.167. The van der Waals surface area contributed by atoms with E-state index in [0.717, 1.165) is 39.6 Å². The second-order valence-corrected chi connectivity index (χ2v) is 6.80. The predicted molar refractivity (Wildman–Crippen MR) is 124 cm³/mol. The van der Waals surface area contributed by atoms with Gasteiger partial charge in [-0.15, -0.1) is 0 Å². The minimum atomic E-state index is -0.119. The van der Waals surface area contributed by atoms with E-state index in [-0.39, 0.29) is 11.9 Å². The lowest BCUT2D eigenvalue weighted by molar-refractivity contribution is -0.102. The number of aldehydes is 1. The molecule has 3 rings (SSSR count). The number of benzene rings is 2. The Morgan fingerprint density at radius 2 is 1.87 bits per heavy atom. The zero-order valence-corrected chi connectivity index (χ0v) is 17.8. The van der Waals surface area contributed by atoms with E-state index >= 15 is 0 Å². The Kier molecular flexibility index (Phi) is 7.24. The number of allylic oxidation sites excluding steroid dienone is 2. The van der Waals surface area contributed by atoms with Gasteiger partial charge in [-0.2, -0.15) is 0 Å². The molecule has 2 aromatic rings. The normalized spacial score (nSPS) is 16.2. The summed E-state index contributed by atoms with van der Waals surface area (Å²) in [5.41, 5.74) is 11.5. The zero-order valence-electron chi connectivity index (χ0n) is 17.8. The van der Waals surface area contributed by atoms with Gasteiger partial charge in [-0.25, -0.2) is 5.43 Å². The van der Waals surface area contributed by atoms with Crippen molar-refractivity contribution < 1.29 is 14.3 Å². The van der Waals surface area contributed by atoms with Crippen LogP contribution in [0.3, 0.4) is 0 Å². The predicted octanol–water partition coefficient (Wildman–Crippen LogP) is 3.42. The Morgan fingerprint density at radius 1 is 1.13 bits per heavy atom. The number of nitrogens with one attached hydrogen (secondary N) is 3. The van der Waals surface area contributed by atoms with Crippen molar-refractivity contribution in [2.45, 2.75) is 13.1 Å². The molecule has 1 aliphatic rings. The molecule has 2 aromatic carbocycles. The molecule has 0 saturated carbocycles. The Balaban J connectivity index is 1.72. The average molecular weight is 418 g/mol. The van der Waals surface area contributed by atoms with Gasteiger partial charge in [0.1, 0.15) is 23.4 Å². The molecular weight excluding hydrogens is 392 g/mol. The molecule has 1 unspecified atom stereocenters. The molecule has 1 heterocycles. The molecule has 0 saturated heterocycles. The highest BCUT2D eigenvalue weighted by atomic mass is 16.5. The minimum Gasteiger partial charge on any atom is -0.497 e. The lowest BCUT2D eigenvalue weighted by Gasteiger charge is -2.12. The largest absolute Gasteiger partial charge is 0.497 e. The van der Waals surface area contributed by atoms with Crippen LogP contribution in [-0.2, 0) is 4.79 Å². The fourth-order valence-corrected chi connectivity index (χ4v) is 3.10. The first-order valence-electron chi connectivity index (χ1n) is 9.73. The van der Waals surface area contributed by atoms with Crippen molar-refractivity contribution >= 4 is 17.7 Å². The summed E-state index contributed by atoms with van der Waals surface area (Å²) >= 11 is 0. The first-order chi connectivity index (χ1) is 15.1. The average Bonchev–Trinajstić information content (AvgIpc) is 3.27. The number of methoxy groups -OCH3 is 2. The lowest BCUT2D eigenvalue weighted by atomic mass is 10.0. The van der Waals surface area contributed by atoms with E-state index in [1.165, 1.54) is 6.08 Å². The van der Waals surface area contributed by atoms with Crippen LogP contribution in [0.5, 0.6) is 11.5 Å². The molecule has 31 heavy (non-hydrogen) atoms. The number of hydrazine groups is 1. The van der Waals surface area contributed by atoms with Crippen LogP contribution < -0.4 is 25.6 Å². The van der Waals surface area contributed by atoms with E-state index < -0.39 is 0 Å². The number of hydrogen-bond donors (Lipinski definition) is 3. The number of aliphatic imine (C=N–C) groups is 1. The third kappa shape index (κ3) is 5.40. The molecule has 0 fully saturated rings. The van der Waals surface area contributed by atoms with Gasteiger partial charge in [-0.05, 0) is 42.3 Å². The van der Waals surface area contributed by atoms with E-state index in [1.807, 2.05) is 31.2 Å². The van der Waals surface area contributed by atoms with Crippen molar-refractivity contribution in [1.82, 2.24) is 16.2 Å². The van der Waals surface area contributed by atoms with Crippen LogP contribution >= 0.6 is 0 Å². The van der Waals surface area contributed by atoms with Gasteiger partial charge in [0.05, 0.1) is 19.9 Å². The fourth-order valence-electron chi connectivity index (χ4n) is 3.10. The summed E-state index contributed by atoms with van der Waals surface area (Å²) < 4.78 is 10.8. The maximum atomic E-state index is 10.8. The number of nitrogens with zero attached hydrogens (tertiary/aromatic N) is 1. The Labute approximate surface area is 182 Å². The molecule has 1 aliphatic heterocycles. The Bertz CT molecular complexity index is 1030. The molecule has 7 nitrogen and oxygen atoms in total. The van der Waals surface area contributed by atoms with E-state index in [2.05, 4.69) is 52.0 Å². The quantitative estimate of drug-likeness (QED) is 0.428. The van der Waals surface area contributed by atoms with Crippen molar-refractivity contribution in [3.63, 3.8) is 0 Å².